The Bertz CT molecular complexity index is 216. The Kier molecular flexibility index (Phi) is 8.35. The van der Waals surface area contributed by atoms with Crippen LogP contribution in [0.1, 0.15) is 53.4 Å². The first-order chi connectivity index (χ1) is 7.41. The van der Waals surface area contributed by atoms with Gasteiger partial charge in [-0.15, -0.1) is 0 Å². The Balaban J connectivity index is 4.04. The zero-order valence-electron chi connectivity index (χ0n) is 11.1. The third-order valence-corrected chi connectivity index (χ3v) is 4.17. The normalized spacial score (nSPS) is 17.4. The lowest BCUT2D eigenvalue weighted by Crippen LogP contribution is -2.09. The SMILES string of the molecule is CCCCC(CC)CP(=O)(O)OCC(C)C. The summed E-state index contributed by atoms with van der Waals surface area (Å²) in [6, 6.07) is 0. The summed E-state index contributed by atoms with van der Waals surface area (Å²) in [5.41, 5.74) is 0. The van der Waals surface area contributed by atoms with Gasteiger partial charge in [-0.1, -0.05) is 47.0 Å². The molecule has 2 unspecified atom stereocenters. The number of hydrogen-bond donors (Lipinski definition) is 1. The van der Waals surface area contributed by atoms with Crippen molar-refractivity contribution in [1.29, 1.82) is 0 Å². The molecule has 0 aliphatic rings. The molecule has 2 atom stereocenters. The quantitative estimate of drug-likeness (QED) is 0.628. The lowest BCUT2D eigenvalue weighted by molar-refractivity contribution is 0.224. The summed E-state index contributed by atoms with van der Waals surface area (Å²) in [6.45, 7) is 8.55. The first kappa shape index (κ1) is 16.1. The van der Waals surface area contributed by atoms with E-state index in [1.54, 1.807) is 0 Å². The molecule has 1 N–H and O–H groups in total. The Morgan fingerprint density at radius 1 is 1.31 bits per heavy atom. The maximum atomic E-state index is 11.8. The molecule has 0 saturated heterocycles. The van der Waals surface area contributed by atoms with Crippen LogP contribution in [0.4, 0.5) is 0 Å². The van der Waals surface area contributed by atoms with E-state index >= 15 is 0 Å². The first-order valence-corrected chi connectivity index (χ1v) is 8.13. The number of rotatable bonds is 9. The van der Waals surface area contributed by atoms with E-state index < -0.39 is 7.60 Å². The van der Waals surface area contributed by atoms with Gasteiger partial charge in [0.05, 0.1) is 12.8 Å². The highest BCUT2D eigenvalue weighted by molar-refractivity contribution is 7.52. The third-order valence-electron chi connectivity index (χ3n) is 2.64. The second kappa shape index (κ2) is 8.27. The molecule has 0 rings (SSSR count). The maximum absolute atomic E-state index is 11.8. The zero-order chi connectivity index (χ0) is 12.6. The van der Waals surface area contributed by atoms with Crippen molar-refractivity contribution in [3.8, 4) is 0 Å². The molecule has 98 valence electrons. The largest absolute Gasteiger partial charge is 0.328 e. The minimum absolute atomic E-state index is 0.302. The Morgan fingerprint density at radius 3 is 2.38 bits per heavy atom. The summed E-state index contributed by atoms with van der Waals surface area (Å²) in [7, 11) is -3.36. The fourth-order valence-electron chi connectivity index (χ4n) is 1.56. The first-order valence-electron chi connectivity index (χ1n) is 6.37. The molecule has 0 aromatic carbocycles. The molecule has 0 heterocycles. The topological polar surface area (TPSA) is 46.5 Å². The fourth-order valence-corrected chi connectivity index (χ4v) is 3.29. The van der Waals surface area contributed by atoms with Crippen LogP contribution in [0.5, 0.6) is 0 Å². The van der Waals surface area contributed by atoms with Gasteiger partial charge >= 0.3 is 7.60 Å². The van der Waals surface area contributed by atoms with Gasteiger partial charge in [0.1, 0.15) is 0 Å². The molecule has 0 spiro atoms. The molecule has 0 aliphatic heterocycles. The highest BCUT2D eigenvalue weighted by Gasteiger charge is 2.24. The van der Waals surface area contributed by atoms with Gasteiger partial charge in [0.25, 0.3) is 0 Å². The van der Waals surface area contributed by atoms with Crippen molar-refractivity contribution in [3.05, 3.63) is 0 Å². The van der Waals surface area contributed by atoms with Gasteiger partial charge in [-0.2, -0.15) is 0 Å². The van der Waals surface area contributed by atoms with Crippen LogP contribution in [0, 0.1) is 11.8 Å². The molecular weight excluding hydrogens is 223 g/mol. The highest BCUT2D eigenvalue weighted by atomic mass is 31.2. The van der Waals surface area contributed by atoms with Crippen LogP contribution in [-0.4, -0.2) is 17.7 Å². The third kappa shape index (κ3) is 8.32. The smallest absolute Gasteiger partial charge is 0.324 e. The van der Waals surface area contributed by atoms with Gasteiger partial charge in [-0.3, -0.25) is 4.57 Å². The molecule has 0 aromatic rings. The van der Waals surface area contributed by atoms with Gasteiger partial charge in [0.15, 0.2) is 0 Å². The fraction of sp³-hybridized carbons (Fsp3) is 1.00. The Labute approximate surface area is 100 Å². The second-order valence-electron chi connectivity index (χ2n) is 4.93. The average molecular weight is 250 g/mol. The predicted molar refractivity (Wildman–Crippen MR) is 68.8 cm³/mol. The lowest BCUT2D eigenvalue weighted by Gasteiger charge is -2.19. The van der Waals surface area contributed by atoms with Crippen LogP contribution in [0.3, 0.4) is 0 Å². The van der Waals surface area contributed by atoms with E-state index in [0.717, 1.165) is 25.7 Å². The van der Waals surface area contributed by atoms with Crippen molar-refractivity contribution in [1.82, 2.24) is 0 Å². The molecule has 0 amide bonds. The van der Waals surface area contributed by atoms with Crippen molar-refractivity contribution < 1.29 is 14.0 Å². The summed E-state index contributed by atoms with van der Waals surface area (Å²) in [5, 5.41) is 0. The molecule has 0 saturated carbocycles. The predicted octanol–water partition coefficient (Wildman–Crippen LogP) is 4.06. The standard InChI is InChI=1S/C12H27O3P/c1-5-7-8-12(6-2)10-16(13,14)15-9-11(3)4/h11-12H,5-10H2,1-4H3,(H,13,14). The van der Waals surface area contributed by atoms with Crippen molar-refractivity contribution >= 4 is 7.60 Å². The minimum atomic E-state index is -3.36. The van der Waals surface area contributed by atoms with E-state index in [1.807, 2.05) is 13.8 Å². The van der Waals surface area contributed by atoms with Crippen LogP contribution in [-0.2, 0) is 9.09 Å². The molecule has 16 heavy (non-hydrogen) atoms. The minimum Gasteiger partial charge on any atom is -0.324 e. The lowest BCUT2D eigenvalue weighted by atomic mass is 10.0. The molecular formula is C12H27O3P. The van der Waals surface area contributed by atoms with E-state index in [2.05, 4.69) is 13.8 Å². The van der Waals surface area contributed by atoms with Crippen LogP contribution in [0.25, 0.3) is 0 Å². The van der Waals surface area contributed by atoms with Crippen LogP contribution >= 0.6 is 7.60 Å². The summed E-state index contributed by atoms with van der Waals surface area (Å²) < 4.78 is 16.9. The Morgan fingerprint density at radius 2 is 1.94 bits per heavy atom. The van der Waals surface area contributed by atoms with E-state index in [0.29, 0.717) is 24.6 Å². The van der Waals surface area contributed by atoms with E-state index in [1.165, 1.54) is 0 Å². The summed E-state index contributed by atoms with van der Waals surface area (Å²) >= 11 is 0. The van der Waals surface area contributed by atoms with E-state index in [-0.39, 0.29) is 0 Å². The summed E-state index contributed by atoms with van der Waals surface area (Å²) in [6.07, 6.45) is 4.57. The van der Waals surface area contributed by atoms with Crippen molar-refractivity contribution in [2.75, 3.05) is 12.8 Å². The van der Waals surface area contributed by atoms with Gasteiger partial charge < -0.3 is 9.42 Å². The number of unbranched alkanes of at least 4 members (excludes halogenated alkanes) is 1. The molecule has 0 fully saturated rings. The van der Waals surface area contributed by atoms with Gasteiger partial charge in [0.2, 0.25) is 0 Å². The van der Waals surface area contributed by atoms with Crippen molar-refractivity contribution in [3.63, 3.8) is 0 Å². The monoisotopic (exact) mass is 250 g/mol. The van der Waals surface area contributed by atoms with E-state index in [4.69, 9.17) is 4.52 Å². The molecule has 3 nitrogen and oxygen atoms in total. The van der Waals surface area contributed by atoms with Crippen LogP contribution in [0.2, 0.25) is 0 Å². The van der Waals surface area contributed by atoms with Crippen LogP contribution in [0.15, 0.2) is 0 Å². The van der Waals surface area contributed by atoms with Crippen LogP contribution < -0.4 is 0 Å². The summed E-state index contributed by atoms with van der Waals surface area (Å²) in [5.74, 6) is 0.624. The molecule has 0 aromatic heterocycles. The number of hydrogen-bond acceptors (Lipinski definition) is 2. The maximum Gasteiger partial charge on any atom is 0.328 e. The van der Waals surface area contributed by atoms with Crippen molar-refractivity contribution in [2.45, 2.75) is 53.4 Å². The van der Waals surface area contributed by atoms with E-state index in [9.17, 15) is 9.46 Å². The molecule has 0 aliphatic carbocycles. The highest BCUT2D eigenvalue weighted by Crippen LogP contribution is 2.45. The van der Waals surface area contributed by atoms with Crippen molar-refractivity contribution in [2.24, 2.45) is 11.8 Å². The molecule has 0 radical (unpaired) electrons. The molecule has 4 heteroatoms. The zero-order valence-corrected chi connectivity index (χ0v) is 12.0. The molecule has 0 bridgehead atoms. The van der Waals surface area contributed by atoms with Gasteiger partial charge in [-0.05, 0) is 18.3 Å². The van der Waals surface area contributed by atoms with Gasteiger partial charge in [-0.25, -0.2) is 0 Å². The summed E-state index contributed by atoms with van der Waals surface area (Å²) in [4.78, 5) is 9.70. The average Bonchev–Trinajstić information content (AvgIpc) is 2.21. The van der Waals surface area contributed by atoms with Gasteiger partial charge in [0, 0.05) is 0 Å². The second-order valence-corrected chi connectivity index (χ2v) is 6.82. The Hall–Kier alpha value is 0.150.